The number of furan rings is 1. The Morgan fingerprint density at radius 2 is 2.24 bits per heavy atom. The molecule has 0 bridgehead atoms. The van der Waals surface area contributed by atoms with Crippen molar-refractivity contribution in [3.05, 3.63) is 35.3 Å². The molecular formula is C13H11NO3. The van der Waals surface area contributed by atoms with Gasteiger partial charge < -0.3 is 9.15 Å². The molecule has 0 N–H and O–H groups in total. The van der Waals surface area contributed by atoms with E-state index in [1.807, 2.05) is 0 Å². The van der Waals surface area contributed by atoms with E-state index < -0.39 is 5.97 Å². The molecule has 0 aliphatic rings. The van der Waals surface area contributed by atoms with Gasteiger partial charge in [-0.05, 0) is 32.0 Å². The number of nitriles is 1. The lowest BCUT2D eigenvalue weighted by molar-refractivity contribution is 0.0491. The van der Waals surface area contributed by atoms with Crippen molar-refractivity contribution in [2.24, 2.45) is 0 Å². The van der Waals surface area contributed by atoms with Gasteiger partial charge in [0.25, 0.3) is 0 Å². The number of hydrogen-bond acceptors (Lipinski definition) is 4. The lowest BCUT2D eigenvalue weighted by Gasteiger charge is -1.98. The average Bonchev–Trinajstić information content (AvgIpc) is 2.67. The van der Waals surface area contributed by atoms with E-state index in [4.69, 9.17) is 14.4 Å². The van der Waals surface area contributed by atoms with Crippen LogP contribution in [0.25, 0.3) is 10.8 Å². The molecule has 2 aromatic rings. The van der Waals surface area contributed by atoms with Crippen LogP contribution in [-0.4, -0.2) is 12.6 Å². The summed E-state index contributed by atoms with van der Waals surface area (Å²) in [6.07, 6.45) is 0. The molecule has 0 unspecified atom stereocenters. The van der Waals surface area contributed by atoms with E-state index in [1.54, 1.807) is 32.0 Å². The highest BCUT2D eigenvalue weighted by atomic mass is 16.5. The van der Waals surface area contributed by atoms with Gasteiger partial charge in [-0.25, -0.2) is 4.79 Å². The third kappa shape index (κ3) is 1.87. The lowest BCUT2D eigenvalue weighted by Crippen LogP contribution is -2.03. The molecule has 2 rings (SSSR count). The summed E-state index contributed by atoms with van der Waals surface area (Å²) in [5.74, 6) is 0.333. The minimum Gasteiger partial charge on any atom is -0.460 e. The molecule has 0 saturated carbocycles. The zero-order chi connectivity index (χ0) is 12.4. The van der Waals surface area contributed by atoms with E-state index in [0.717, 1.165) is 5.39 Å². The first-order valence-corrected chi connectivity index (χ1v) is 5.27. The number of esters is 1. The van der Waals surface area contributed by atoms with Crippen LogP contribution in [0, 0.1) is 18.3 Å². The van der Waals surface area contributed by atoms with Crippen LogP contribution >= 0.6 is 0 Å². The molecule has 86 valence electrons. The number of aryl methyl sites for hydroxylation is 1. The Labute approximate surface area is 98.4 Å². The summed E-state index contributed by atoms with van der Waals surface area (Å²) in [5.41, 5.74) is 0.539. The first-order valence-electron chi connectivity index (χ1n) is 5.27. The molecule has 4 heteroatoms. The van der Waals surface area contributed by atoms with Crippen LogP contribution in [0.2, 0.25) is 0 Å². The quantitative estimate of drug-likeness (QED) is 0.743. The molecule has 4 nitrogen and oxygen atoms in total. The van der Waals surface area contributed by atoms with E-state index >= 15 is 0 Å². The fourth-order valence-electron chi connectivity index (χ4n) is 1.71. The Bertz CT molecular complexity index is 619. The van der Waals surface area contributed by atoms with Crippen LogP contribution in [0.5, 0.6) is 0 Å². The lowest BCUT2D eigenvalue weighted by atomic mass is 10.1. The first-order chi connectivity index (χ1) is 8.17. The number of benzene rings is 1. The van der Waals surface area contributed by atoms with Crippen molar-refractivity contribution in [1.29, 1.82) is 5.26 Å². The number of nitrogens with zero attached hydrogens (tertiary/aromatic N) is 1. The van der Waals surface area contributed by atoms with Gasteiger partial charge in [0, 0.05) is 10.8 Å². The summed E-state index contributed by atoms with van der Waals surface area (Å²) in [5, 5.41) is 10.3. The Morgan fingerprint density at radius 1 is 1.47 bits per heavy atom. The molecule has 1 heterocycles. The maximum atomic E-state index is 11.6. The number of fused-ring (bicyclic) bond motifs is 1. The zero-order valence-corrected chi connectivity index (χ0v) is 9.61. The van der Waals surface area contributed by atoms with Gasteiger partial charge in [0.15, 0.2) is 0 Å². The van der Waals surface area contributed by atoms with Gasteiger partial charge in [-0.15, -0.1) is 0 Å². The van der Waals surface area contributed by atoms with Crippen LogP contribution in [0.1, 0.15) is 28.8 Å². The molecule has 17 heavy (non-hydrogen) atoms. The smallest absolute Gasteiger partial charge is 0.374 e. The monoisotopic (exact) mass is 229 g/mol. The predicted molar refractivity (Wildman–Crippen MR) is 61.6 cm³/mol. The number of carbonyl (C=O) groups excluding carboxylic acids is 1. The van der Waals surface area contributed by atoms with Crippen molar-refractivity contribution in [2.75, 3.05) is 6.61 Å². The van der Waals surface area contributed by atoms with E-state index in [2.05, 4.69) is 6.07 Å². The predicted octanol–water partition coefficient (Wildman–Crippen LogP) is 2.79. The molecule has 0 amide bonds. The summed E-state index contributed by atoms with van der Waals surface area (Å²) in [6, 6.07) is 7.12. The Kier molecular flexibility index (Phi) is 2.84. The molecule has 0 spiro atoms. The molecule has 0 aliphatic heterocycles. The minimum atomic E-state index is -0.477. The van der Waals surface area contributed by atoms with E-state index in [1.165, 1.54) is 0 Å². The number of carbonyl (C=O) groups is 1. The van der Waals surface area contributed by atoms with Crippen molar-refractivity contribution in [2.45, 2.75) is 13.8 Å². The highest BCUT2D eigenvalue weighted by molar-refractivity contribution is 6.03. The third-order valence-electron chi connectivity index (χ3n) is 2.49. The van der Waals surface area contributed by atoms with Crippen LogP contribution in [0.3, 0.4) is 0 Å². The van der Waals surface area contributed by atoms with Gasteiger partial charge >= 0.3 is 5.97 Å². The SMILES string of the molecule is CCOC(=O)c1oc(C)c2cc(C#N)ccc12. The second kappa shape index (κ2) is 4.30. The zero-order valence-electron chi connectivity index (χ0n) is 9.61. The van der Waals surface area contributed by atoms with E-state index in [0.29, 0.717) is 23.3 Å². The van der Waals surface area contributed by atoms with Gasteiger partial charge in [-0.2, -0.15) is 5.26 Å². The number of rotatable bonds is 2. The molecular weight excluding hydrogens is 218 g/mol. The molecule has 1 aromatic carbocycles. The summed E-state index contributed by atoms with van der Waals surface area (Å²) < 4.78 is 10.3. The summed E-state index contributed by atoms with van der Waals surface area (Å²) in [6.45, 7) is 3.80. The van der Waals surface area contributed by atoms with E-state index in [9.17, 15) is 4.79 Å². The Hall–Kier alpha value is -2.28. The van der Waals surface area contributed by atoms with Gasteiger partial charge in [0.2, 0.25) is 5.76 Å². The van der Waals surface area contributed by atoms with Crippen molar-refractivity contribution in [1.82, 2.24) is 0 Å². The maximum absolute atomic E-state index is 11.6. The second-order valence-corrected chi connectivity index (χ2v) is 3.58. The highest BCUT2D eigenvalue weighted by Gasteiger charge is 2.18. The summed E-state index contributed by atoms with van der Waals surface area (Å²) in [7, 11) is 0. The molecule has 0 saturated heterocycles. The largest absolute Gasteiger partial charge is 0.460 e. The van der Waals surface area contributed by atoms with Gasteiger partial charge in [-0.1, -0.05) is 0 Å². The maximum Gasteiger partial charge on any atom is 0.374 e. The fourth-order valence-corrected chi connectivity index (χ4v) is 1.71. The third-order valence-corrected chi connectivity index (χ3v) is 2.49. The van der Waals surface area contributed by atoms with Crippen molar-refractivity contribution >= 4 is 16.7 Å². The number of ether oxygens (including phenoxy) is 1. The van der Waals surface area contributed by atoms with Crippen LogP contribution in [0.4, 0.5) is 0 Å². The molecule has 0 radical (unpaired) electrons. The Morgan fingerprint density at radius 3 is 2.88 bits per heavy atom. The second-order valence-electron chi connectivity index (χ2n) is 3.58. The van der Waals surface area contributed by atoms with Crippen molar-refractivity contribution in [3.8, 4) is 6.07 Å². The first kappa shape index (κ1) is 11.2. The highest BCUT2D eigenvalue weighted by Crippen LogP contribution is 2.27. The van der Waals surface area contributed by atoms with Gasteiger partial charge in [0.1, 0.15) is 5.76 Å². The van der Waals surface area contributed by atoms with Crippen LogP contribution in [-0.2, 0) is 4.74 Å². The molecule has 1 aromatic heterocycles. The average molecular weight is 229 g/mol. The van der Waals surface area contributed by atoms with Crippen LogP contribution < -0.4 is 0 Å². The van der Waals surface area contributed by atoms with E-state index in [-0.39, 0.29) is 5.76 Å². The van der Waals surface area contributed by atoms with Crippen molar-refractivity contribution in [3.63, 3.8) is 0 Å². The topological polar surface area (TPSA) is 63.2 Å². The molecule has 0 aliphatic carbocycles. The van der Waals surface area contributed by atoms with Gasteiger partial charge in [-0.3, -0.25) is 0 Å². The fraction of sp³-hybridized carbons (Fsp3) is 0.231. The molecule has 0 fully saturated rings. The summed E-state index contributed by atoms with van der Waals surface area (Å²) >= 11 is 0. The Balaban J connectivity index is 2.61. The normalized spacial score (nSPS) is 10.2. The minimum absolute atomic E-state index is 0.198. The molecule has 0 atom stereocenters. The standard InChI is InChI=1S/C13H11NO3/c1-3-16-13(15)12-10-5-4-9(7-14)6-11(10)8(2)17-12/h4-6H,3H2,1-2H3. The van der Waals surface area contributed by atoms with Gasteiger partial charge in [0.05, 0.1) is 18.2 Å². The number of hydrogen-bond donors (Lipinski definition) is 0. The van der Waals surface area contributed by atoms with Crippen LogP contribution in [0.15, 0.2) is 22.6 Å². The van der Waals surface area contributed by atoms with Crippen molar-refractivity contribution < 1.29 is 13.9 Å². The summed E-state index contributed by atoms with van der Waals surface area (Å²) in [4.78, 5) is 11.6.